The zero-order chi connectivity index (χ0) is 21.8. The molecule has 9 heteroatoms. The Morgan fingerprint density at radius 2 is 0.545 bits per heavy atom. The molecular formula is C24H21B3O6. The van der Waals surface area contributed by atoms with Gasteiger partial charge in [0.25, 0.3) is 0 Å². The Morgan fingerprint density at radius 3 is 0.758 bits per heavy atom. The molecule has 162 valence electrons. The predicted molar refractivity (Wildman–Crippen MR) is 125 cm³/mol. The molecule has 0 radical (unpaired) electrons. The van der Waals surface area contributed by atoms with Gasteiger partial charge >= 0.3 is 21.4 Å². The first-order valence-corrected chi connectivity index (χ1v) is 11.4. The van der Waals surface area contributed by atoms with E-state index < -0.39 is 21.4 Å². The lowest BCUT2D eigenvalue weighted by molar-refractivity contribution is -0.223. The van der Waals surface area contributed by atoms with E-state index in [-0.39, 0.29) is 36.6 Å². The van der Waals surface area contributed by atoms with Crippen molar-refractivity contribution in [2.24, 2.45) is 0 Å². The Kier molecular flexibility index (Phi) is 4.93. The van der Waals surface area contributed by atoms with Crippen molar-refractivity contribution in [1.29, 1.82) is 0 Å². The van der Waals surface area contributed by atoms with Gasteiger partial charge in [-0.1, -0.05) is 91.0 Å². The Labute approximate surface area is 193 Å². The summed E-state index contributed by atoms with van der Waals surface area (Å²) in [6.45, 7) is 0. The van der Waals surface area contributed by atoms with Crippen LogP contribution in [0.4, 0.5) is 0 Å². The monoisotopic (exact) mass is 438 g/mol. The fraction of sp³-hybridized carbons (Fsp3) is 0.250. The van der Waals surface area contributed by atoms with Gasteiger partial charge in [0.05, 0.1) is 36.6 Å². The third kappa shape index (κ3) is 3.39. The van der Waals surface area contributed by atoms with Gasteiger partial charge in [-0.15, -0.1) is 0 Å². The summed E-state index contributed by atoms with van der Waals surface area (Å²) in [4.78, 5) is 0. The summed E-state index contributed by atoms with van der Waals surface area (Å²) in [6, 6.07) is 29.9. The Hall–Kier alpha value is -2.39. The van der Waals surface area contributed by atoms with E-state index in [2.05, 4.69) is 0 Å². The number of hydrogen-bond donors (Lipinski definition) is 0. The van der Waals surface area contributed by atoms with Crippen molar-refractivity contribution in [3.63, 3.8) is 0 Å². The topological polar surface area (TPSA) is 55.4 Å². The standard InChI is InChI=1S/C24H21B3O6/c1-4-10-16(11-5-1)25-28-19-21-24-22(31-26(30-21)17-12-6-2-7-13-17)20(29-25)23(19)32-27(33-24)18-14-8-3-9-15-18/h1-15,19-24H/t19-,20+,21+,22-,23?,24?. The van der Waals surface area contributed by atoms with Gasteiger partial charge in [0.1, 0.15) is 0 Å². The van der Waals surface area contributed by atoms with E-state index in [4.69, 9.17) is 27.9 Å². The van der Waals surface area contributed by atoms with Gasteiger partial charge in [0, 0.05) is 0 Å². The van der Waals surface area contributed by atoms with Crippen LogP contribution in [0.15, 0.2) is 91.0 Å². The molecule has 5 aliphatic rings. The molecule has 0 unspecified atom stereocenters. The fourth-order valence-corrected chi connectivity index (χ4v) is 5.31. The maximum atomic E-state index is 6.50. The summed E-state index contributed by atoms with van der Waals surface area (Å²) in [5.41, 5.74) is 2.87. The van der Waals surface area contributed by atoms with E-state index in [0.29, 0.717) is 0 Å². The van der Waals surface area contributed by atoms with Crippen LogP contribution in [0.25, 0.3) is 0 Å². The van der Waals surface area contributed by atoms with Crippen LogP contribution in [-0.2, 0) is 27.9 Å². The lowest BCUT2D eigenvalue weighted by Crippen LogP contribution is -2.76. The molecular weight excluding hydrogens is 417 g/mol. The molecule has 6 nitrogen and oxygen atoms in total. The van der Waals surface area contributed by atoms with E-state index in [1.54, 1.807) is 0 Å². The van der Waals surface area contributed by atoms with Gasteiger partial charge in [-0.25, -0.2) is 0 Å². The van der Waals surface area contributed by atoms with Crippen LogP contribution < -0.4 is 16.4 Å². The molecule has 33 heavy (non-hydrogen) atoms. The molecule has 5 fully saturated rings. The fourth-order valence-electron chi connectivity index (χ4n) is 5.31. The van der Waals surface area contributed by atoms with Crippen molar-refractivity contribution < 1.29 is 27.9 Å². The highest BCUT2D eigenvalue weighted by Gasteiger charge is 2.66. The van der Waals surface area contributed by atoms with Crippen LogP contribution in [0, 0.1) is 0 Å². The van der Waals surface area contributed by atoms with Gasteiger partial charge < -0.3 is 27.9 Å². The van der Waals surface area contributed by atoms with Crippen LogP contribution in [0.5, 0.6) is 0 Å². The second kappa shape index (κ2) is 8.13. The average Bonchev–Trinajstić information content (AvgIpc) is 3.17. The second-order valence-electron chi connectivity index (χ2n) is 8.83. The molecule has 1 aliphatic carbocycles. The lowest BCUT2D eigenvalue weighted by atomic mass is 9.68. The zero-order valence-electron chi connectivity index (χ0n) is 17.8. The van der Waals surface area contributed by atoms with Crippen molar-refractivity contribution in [1.82, 2.24) is 0 Å². The predicted octanol–water partition coefficient (Wildman–Crippen LogP) is 0.538. The van der Waals surface area contributed by atoms with Crippen molar-refractivity contribution in [2.75, 3.05) is 0 Å². The zero-order valence-corrected chi connectivity index (χ0v) is 17.8. The molecule has 0 spiro atoms. The van der Waals surface area contributed by atoms with Crippen molar-refractivity contribution in [3.8, 4) is 0 Å². The van der Waals surface area contributed by atoms with Gasteiger partial charge in [0.15, 0.2) is 0 Å². The summed E-state index contributed by atoms with van der Waals surface area (Å²) in [5, 5.41) is 0. The first-order valence-electron chi connectivity index (χ1n) is 11.4. The molecule has 0 atom stereocenters. The summed E-state index contributed by atoms with van der Waals surface area (Å²) in [5.74, 6) is 0. The molecule has 3 aromatic carbocycles. The van der Waals surface area contributed by atoms with E-state index in [0.717, 1.165) is 16.4 Å². The molecule has 6 bridgehead atoms. The van der Waals surface area contributed by atoms with Crippen molar-refractivity contribution in [2.45, 2.75) is 36.6 Å². The molecule has 3 aromatic rings. The highest BCUT2D eigenvalue weighted by Crippen LogP contribution is 2.43. The minimum atomic E-state index is -0.540. The maximum absolute atomic E-state index is 6.50. The number of benzene rings is 3. The minimum absolute atomic E-state index is 0.348. The Balaban J connectivity index is 1.26. The van der Waals surface area contributed by atoms with Gasteiger partial charge in [-0.05, 0) is 16.4 Å². The molecule has 0 N–H and O–H groups in total. The van der Waals surface area contributed by atoms with Gasteiger partial charge in [-0.2, -0.15) is 0 Å². The van der Waals surface area contributed by atoms with E-state index in [1.807, 2.05) is 91.0 Å². The van der Waals surface area contributed by atoms with Gasteiger partial charge in [0.2, 0.25) is 0 Å². The summed E-state index contributed by atoms with van der Waals surface area (Å²) < 4.78 is 39.0. The highest BCUT2D eigenvalue weighted by atomic mass is 16.7. The summed E-state index contributed by atoms with van der Waals surface area (Å²) >= 11 is 0. The highest BCUT2D eigenvalue weighted by molar-refractivity contribution is 6.63. The smallest absolute Gasteiger partial charge is 0.399 e. The number of hydrogen-bond acceptors (Lipinski definition) is 6. The van der Waals surface area contributed by atoms with E-state index >= 15 is 0 Å². The third-order valence-electron chi connectivity index (χ3n) is 6.84. The van der Waals surface area contributed by atoms with Crippen molar-refractivity contribution >= 4 is 37.7 Å². The van der Waals surface area contributed by atoms with Crippen molar-refractivity contribution in [3.05, 3.63) is 91.0 Å². The Morgan fingerprint density at radius 1 is 0.333 bits per heavy atom. The largest absolute Gasteiger partial charge is 0.494 e. The quantitative estimate of drug-likeness (QED) is 0.557. The molecule has 1 saturated carbocycles. The molecule has 8 rings (SSSR count). The first-order chi connectivity index (χ1) is 16.3. The molecule has 4 heterocycles. The van der Waals surface area contributed by atoms with Crippen LogP contribution in [-0.4, -0.2) is 58.0 Å². The van der Waals surface area contributed by atoms with Gasteiger partial charge in [-0.3, -0.25) is 0 Å². The summed E-state index contributed by atoms with van der Waals surface area (Å²) in [7, 11) is -1.57. The van der Waals surface area contributed by atoms with E-state index in [9.17, 15) is 0 Å². The lowest BCUT2D eigenvalue weighted by Gasteiger charge is -2.55. The molecule has 4 saturated heterocycles. The van der Waals surface area contributed by atoms with Crippen LogP contribution >= 0.6 is 0 Å². The van der Waals surface area contributed by atoms with Crippen LogP contribution in [0.3, 0.4) is 0 Å². The first kappa shape index (κ1) is 20.0. The van der Waals surface area contributed by atoms with Crippen LogP contribution in [0.1, 0.15) is 0 Å². The SMILES string of the molecule is c1ccc(B2OC3[C@H]4OB(c5ccccc5)O[C@@H]3[C@@H]3OB(c5ccccc5)O[C@H]4C3O2)cc1. The number of rotatable bonds is 3. The number of fused-ring (bicyclic) bond motifs is 2. The molecule has 0 amide bonds. The van der Waals surface area contributed by atoms with Crippen LogP contribution in [0.2, 0.25) is 0 Å². The molecule has 4 aliphatic heterocycles. The van der Waals surface area contributed by atoms with E-state index in [1.165, 1.54) is 0 Å². The maximum Gasteiger partial charge on any atom is 0.494 e. The normalized spacial score (nSPS) is 32.5. The molecule has 0 aromatic heterocycles. The third-order valence-corrected chi connectivity index (χ3v) is 6.84. The minimum Gasteiger partial charge on any atom is -0.399 e. The second-order valence-corrected chi connectivity index (χ2v) is 8.83. The Bertz CT molecular complexity index is 1010. The summed E-state index contributed by atoms with van der Waals surface area (Å²) in [6.07, 6.45) is -2.14. The average molecular weight is 438 g/mol.